The third-order valence-corrected chi connectivity index (χ3v) is 2.50. The molecule has 2 rings (SSSR count). The van der Waals surface area contributed by atoms with Crippen LogP contribution in [0, 0.1) is 0 Å². The molecule has 6 heteroatoms. The van der Waals surface area contributed by atoms with Crippen LogP contribution >= 0.6 is 31.9 Å². The van der Waals surface area contributed by atoms with Crippen molar-refractivity contribution in [2.75, 3.05) is 0 Å². The first-order chi connectivity index (χ1) is 6.75. The summed E-state index contributed by atoms with van der Waals surface area (Å²) in [5, 5.41) is 3.60. The number of nitrogens with one attached hydrogen (secondary N) is 2. The first-order valence-electron chi connectivity index (χ1n) is 3.95. The van der Waals surface area contributed by atoms with E-state index in [1.54, 1.807) is 10.2 Å². The molecule has 74 valence electrons. The van der Waals surface area contributed by atoms with E-state index in [4.69, 9.17) is 0 Å². The molecule has 2 heterocycles. The molecule has 2 aliphatic rings. The van der Waals surface area contributed by atoms with Crippen LogP contribution in [0.2, 0.25) is 0 Å². The third kappa shape index (κ3) is 2.13. The first-order valence-corrected chi connectivity index (χ1v) is 5.54. The molecule has 0 radical (unpaired) electrons. The number of hydrogen-bond donors (Lipinski definition) is 2. The van der Waals surface area contributed by atoms with Crippen LogP contribution in [0.3, 0.4) is 0 Å². The predicted molar refractivity (Wildman–Crippen MR) is 62.2 cm³/mol. The van der Waals surface area contributed by atoms with Crippen LogP contribution in [0.4, 0.5) is 0 Å². The Labute approximate surface area is 98.8 Å². The van der Waals surface area contributed by atoms with Crippen molar-refractivity contribution in [3.63, 3.8) is 0 Å². The molecule has 0 aliphatic carbocycles. The fraction of sp³-hybridized carbons (Fsp3) is 0. The highest BCUT2D eigenvalue weighted by molar-refractivity contribution is 9.12. The minimum Gasteiger partial charge on any atom is -0.271 e. The van der Waals surface area contributed by atoms with Gasteiger partial charge in [-0.15, -0.1) is 0 Å². The van der Waals surface area contributed by atoms with E-state index in [0.29, 0.717) is 0 Å². The predicted octanol–water partition coefficient (Wildman–Crippen LogP) is 2.04. The summed E-state index contributed by atoms with van der Waals surface area (Å²) < 4.78 is 1.81. The van der Waals surface area contributed by atoms with Gasteiger partial charge in [0.05, 0.1) is 9.21 Å². The van der Waals surface area contributed by atoms with E-state index in [2.05, 4.69) is 42.7 Å². The van der Waals surface area contributed by atoms with E-state index >= 15 is 0 Å². The van der Waals surface area contributed by atoms with Gasteiger partial charge in [0, 0.05) is 12.4 Å². The minimum atomic E-state index is 0.904. The standard InChI is InChI=1S/C8H8Br2N4/c9-7-3-1-5-13(11-7)14-6-2-4-8(10)12-14/h1-6,11-12H. The summed E-state index contributed by atoms with van der Waals surface area (Å²) in [7, 11) is 0. The van der Waals surface area contributed by atoms with Crippen molar-refractivity contribution in [1.82, 2.24) is 21.1 Å². The quantitative estimate of drug-likeness (QED) is 0.724. The Morgan fingerprint density at radius 2 is 1.29 bits per heavy atom. The maximum Gasteiger partial charge on any atom is 0.0988 e. The third-order valence-electron chi connectivity index (χ3n) is 1.61. The van der Waals surface area contributed by atoms with Crippen LogP contribution in [0.1, 0.15) is 0 Å². The Bertz CT molecular complexity index is 311. The number of rotatable bonds is 1. The van der Waals surface area contributed by atoms with Gasteiger partial charge in [-0.3, -0.25) is 10.9 Å². The maximum atomic E-state index is 3.36. The Kier molecular flexibility index (Phi) is 2.83. The minimum absolute atomic E-state index is 0.904. The lowest BCUT2D eigenvalue weighted by molar-refractivity contribution is 0.00149. The summed E-state index contributed by atoms with van der Waals surface area (Å²) in [6.07, 6.45) is 11.5. The lowest BCUT2D eigenvalue weighted by Gasteiger charge is -2.35. The van der Waals surface area contributed by atoms with Gasteiger partial charge in [0.2, 0.25) is 0 Å². The lowest BCUT2D eigenvalue weighted by atomic mass is 10.5. The summed E-state index contributed by atoms with van der Waals surface area (Å²) in [6.45, 7) is 0. The molecule has 0 amide bonds. The largest absolute Gasteiger partial charge is 0.271 e. The lowest BCUT2D eigenvalue weighted by Crippen LogP contribution is -2.50. The van der Waals surface area contributed by atoms with Crippen molar-refractivity contribution in [2.24, 2.45) is 0 Å². The van der Waals surface area contributed by atoms with E-state index in [1.807, 2.05) is 36.7 Å². The van der Waals surface area contributed by atoms with Gasteiger partial charge >= 0.3 is 0 Å². The van der Waals surface area contributed by atoms with Gasteiger partial charge in [0.25, 0.3) is 0 Å². The second kappa shape index (κ2) is 4.10. The molecule has 0 aromatic carbocycles. The van der Waals surface area contributed by atoms with Crippen LogP contribution < -0.4 is 10.9 Å². The smallest absolute Gasteiger partial charge is 0.0988 e. The molecule has 0 atom stereocenters. The topological polar surface area (TPSA) is 30.5 Å². The van der Waals surface area contributed by atoms with Crippen molar-refractivity contribution < 1.29 is 0 Å². The van der Waals surface area contributed by atoms with Gasteiger partial charge in [-0.2, -0.15) is 10.2 Å². The van der Waals surface area contributed by atoms with Crippen molar-refractivity contribution in [2.45, 2.75) is 0 Å². The van der Waals surface area contributed by atoms with Crippen LogP contribution in [0.15, 0.2) is 45.9 Å². The summed E-state index contributed by atoms with van der Waals surface area (Å²) >= 11 is 6.73. The first kappa shape index (κ1) is 9.67. The molecule has 0 spiro atoms. The molecule has 4 nitrogen and oxygen atoms in total. The molecule has 0 bridgehead atoms. The van der Waals surface area contributed by atoms with E-state index in [9.17, 15) is 0 Å². The molecule has 0 saturated heterocycles. The highest BCUT2D eigenvalue weighted by Gasteiger charge is 2.12. The zero-order valence-electron chi connectivity index (χ0n) is 7.11. The van der Waals surface area contributed by atoms with Gasteiger partial charge in [0.1, 0.15) is 0 Å². The second-order valence-electron chi connectivity index (χ2n) is 2.62. The number of allylic oxidation sites excluding steroid dienone is 4. The molecular weight excluding hydrogens is 312 g/mol. The molecule has 2 N–H and O–H groups in total. The van der Waals surface area contributed by atoms with Gasteiger partial charge in [-0.05, 0) is 56.2 Å². The molecule has 0 unspecified atom stereocenters. The van der Waals surface area contributed by atoms with Gasteiger partial charge in [0.15, 0.2) is 0 Å². The van der Waals surface area contributed by atoms with Crippen molar-refractivity contribution in [1.29, 1.82) is 0 Å². The number of nitrogens with zero attached hydrogens (tertiary/aromatic N) is 2. The van der Waals surface area contributed by atoms with Crippen LogP contribution in [0.5, 0.6) is 0 Å². The Morgan fingerprint density at radius 3 is 1.64 bits per heavy atom. The van der Waals surface area contributed by atoms with Crippen LogP contribution in [-0.4, -0.2) is 10.2 Å². The fourth-order valence-corrected chi connectivity index (χ4v) is 1.71. The summed E-state index contributed by atoms with van der Waals surface area (Å²) in [4.78, 5) is 0. The Balaban J connectivity index is 2.04. The van der Waals surface area contributed by atoms with E-state index < -0.39 is 0 Å². The maximum absolute atomic E-state index is 3.36. The highest BCUT2D eigenvalue weighted by atomic mass is 79.9. The zero-order chi connectivity index (χ0) is 9.97. The van der Waals surface area contributed by atoms with E-state index in [-0.39, 0.29) is 0 Å². The van der Waals surface area contributed by atoms with Crippen molar-refractivity contribution in [3.05, 3.63) is 45.9 Å². The summed E-state index contributed by atoms with van der Waals surface area (Å²) in [5.74, 6) is 0. The summed E-state index contributed by atoms with van der Waals surface area (Å²) in [6, 6.07) is 0. The van der Waals surface area contributed by atoms with Gasteiger partial charge in [-0.1, -0.05) is 0 Å². The monoisotopic (exact) mass is 318 g/mol. The van der Waals surface area contributed by atoms with Crippen LogP contribution in [-0.2, 0) is 0 Å². The molecule has 2 aliphatic heterocycles. The number of halogens is 2. The second-order valence-corrected chi connectivity index (χ2v) is 4.33. The molecule has 0 aromatic heterocycles. The molecule has 0 aromatic rings. The highest BCUT2D eigenvalue weighted by Crippen LogP contribution is 2.13. The number of hydrogen-bond acceptors (Lipinski definition) is 4. The molecule has 0 saturated carbocycles. The fourth-order valence-electron chi connectivity index (χ4n) is 1.04. The van der Waals surface area contributed by atoms with Gasteiger partial charge < -0.3 is 0 Å². The van der Waals surface area contributed by atoms with E-state index in [1.165, 1.54) is 0 Å². The zero-order valence-corrected chi connectivity index (χ0v) is 10.3. The van der Waals surface area contributed by atoms with Crippen LogP contribution in [0.25, 0.3) is 0 Å². The summed E-state index contributed by atoms with van der Waals surface area (Å²) in [5.41, 5.74) is 6.19. The molecule has 14 heavy (non-hydrogen) atoms. The Hall–Kier alpha value is -0.880. The average molecular weight is 320 g/mol. The van der Waals surface area contributed by atoms with Gasteiger partial charge in [-0.25, -0.2) is 0 Å². The van der Waals surface area contributed by atoms with Crippen molar-refractivity contribution in [3.8, 4) is 0 Å². The van der Waals surface area contributed by atoms with E-state index in [0.717, 1.165) is 9.21 Å². The van der Waals surface area contributed by atoms with Crippen molar-refractivity contribution >= 4 is 31.9 Å². The SMILES string of the molecule is BrC1=CC=CN(N2C=CC=C(Br)N2)N1. The Morgan fingerprint density at radius 1 is 0.857 bits per heavy atom. The molecular formula is C8H8Br2N4. The number of hydrazine groups is 3. The average Bonchev–Trinajstić information content (AvgIpc) is 2.18. The normalized spacial score (nSPS) is 19.9. The molecule has 0 fully saturated rings.